The molecular formula is C10H17F3N2O3S. The number of nitrogens with zero attached hydrogens (tertiary/aromatic N) is 1. The number of thioether (sulfide) groups is 1. The van der Waals surface area contributed by atoms with Crippen LogP contribution in [0.15, 0.2) is 0 Å². The van der Waals surface area contributed by atoms with Crippen molar-refractivity contribution in [2.24, 2.45) is 0 Å². The fourth-order valence-corrected chi connectivity index (χ4v) is 1.75. The number of nitrogens with one attached hydrogen (secondary N) is 1. The summed E-state index contributed by atoms with van der Waals surface area (Å²) in [4.78, 5) is 23.0. The number of carboxylic acids is 1. The summed E-state index contributed by atoms with van der Waals surface area (Å²) in [6, 6.07) is -2.20. The van der Waals surface area contributed by atoms with E-state index in [-0.39, 0.29) is 13.0 Å². The summed E-state index contributed by atoms with van der Waals surface area (Å²) >= 11 is 1.39. The maximum Gasteiger partial charge on any atom is 0.406 e. The molecule has 0 bridgehead atoms. The fourth-order valence-electron chi connectivity index (χ4n) is 1.28. The van der Waals surface area contributed by atoms with Gasteiger partial charge in [-0.05, 0) is 25.4 Å². The van der Waals surface area contributed by atoms with Crippen molar-refractivity contribution < 1.29 is 27.9 Å². The molecule has 0 rings (SSSR count). The lowest BCUT2D eigenvalue weighted by atomic mass is 10.2. The number of hydrogen-bond acceptors (Lipinski definition) is 3. The monoisotopic (exact) mass is 302 g/mol. The first-order chi connectivity index (χ1) is 8.71. The second kappa shape index (κ2) is 8.13. The highest BCUT2D eigenvalue weighted by Crippen LogP contribution is 2.16. The van der Waals surface area contributed by atoms with Gasteiger partial charge >= 0.3 is 18.2 Å². The number of hydrogen-bond donors (Lipinski definition) is 2. The van der Waals surface area contributed by atoms with Crippen LogP contribution in [0.25, 0.3) is 0 Å². The Morgan fingerprint density at radius 3 is 2.37 bits per heavy atom. The van der Waals surface area contributed by atoms with Gasteiger partial charge in [0.05, 0.1) is 0 Å². The van der Waals surface area contributed by atoms with Crippen molar-refractivity contribution in [2.45, 2.75) is 25.6 Å². The quantitative estimate of drug-likeness (QED) is 0.752. The molecule has 19 heavy (non-hydrogen) atoms. The van der Waals surface area contributed by atoms with Gasteiger partial charge in [0.1, 0.15) is 12.6 Å². The Bertz CT molecular complexity index is 313. The lowest BCUT2D eigenvalue weighted by molar-refractivity contribution is -0.140. The molecule has 5 nitrogen and oxygen atoms in total. The molecule has 0 heterocycles. The normalized spacial score (nSPS) is 12.9. The first-order valence-corrected chi connectivity index (χ1v) is 6.94. The molecule has 0 aliphatic rings. The van der Waals surface area contributed by atoms with E-state index in [0.29, 0.717) is 10.7 Å². The Balaban J connectivity index is 4.55. The van der Waals surface area contributed by atoms with E-state index in [4.69, 9.17) is 5.11 Å². The minimum Gasteiger partial charge on any atom is -0.480 e. The van der Waals surface area contributed by atoms with E-state index in [2.05, 4.69) is 5.32 Å². The molecule has 0 saturated heterocycles. The van der Waals surface area contributed by atoms with Crippen molar-refractivity contribution in [1.82, 2.24) is 10.2 Å². The Labute approximate surface area is 113 Å². The van der Waals surface area contributed by atoms with Crippen molar-refractivity contribution in [3.8, 4) is 0 Å². The Morgan fingerprint density at radius 2 is 2.00 bits per heavy atom. The number of halogens is 3. The van der Waals surface area contributed by atoms with Crippen LogP contribution in [-0.4, -0.2) is 59.3 Å². The second-order valence-electron chi connectivity index (χ2n) is 3.75. The van der Waals surface area contributed by atoms with Crippen LogP contribution in [0.4, 0.5) is 18.0 Å². The zero-order valence-corrected chi connectivity index (χ0v) is 11.5. The first kappa shape index (κ1) is 17.9. The smallest absolute Gasteiger partial charge is 0.406 e. The van der Waals surface area contributed by atoms with Gasteiger partial charge in [0, 0.05) is 6.54 Å². The van der Waals surface area contributed by atoms with Crippen LogP contribution in [0.2, 0.25) is 0 Å². The van der Waals surface area contributed by atoms with E-state index < -0.39 is 30.8 Å². The maximum atomic E-state index is 12.2. The zero-order valence-electron chi connectivity index (χ0n) is 10.7. The molecule has 2 amide bonds. The van der Waals surface area contributed by atoms with Crippen LogP contribution in [0.3, 0.4) is 0 Å². The van der Waals surface area contributed by atoms with Gasteiger partial charge in [-0.25, -0.2) is 9.59 Å². The molecule has 112 valence electrons. The molecule has 0 aromatic heterocycles. The minimum absolute atomic E-state index is 0.153. The highest BCUT2D eigenvalue weighted by atomic mass is 32.2. The first-order valence-electron chi connectivity index (χ1n) is 5.55. The Morgan fingerprint density at radius 1 is 1.42 bits per heavy atom. The van der Waals surface area contributed by atoms with E-state index in [1.54, 1.807) is 6.26 Å². The second-order valence-corrected chi connectivity index (χ2v) is 4.74. The van der Waals surface area contributed by atoms with E-state index in [1.165, 1.54) is 18.7 Å². The predicted octanol–water partition coefficient (Wildman–Crippen LogP) is 1.79. The van der Waals surface area contributed by atoms with Gasteiger partial charge in [0.25, 0.3) is 0 Å². The number of aliphatic carboxylic acids is 1. The third kappa shape index (κ3) is 7.81. The Hall–Kier alpha value is -1.12. The number of carboxylic acid groups (broad SMARTS) is 1. The molecule has 0 spiro atoms. The van der Waals surface area contributed by atoms with Crippen LogP contribution >= 0.6 is 11.8 Å². The average molecular weight is 302 g/mol. The fraction of sp³-hybridized carbons (Fsp3) is 0.800. The molecular weight excluding hydrogens is 285 g/mol. The average Bonchev–Trinajstić information content (AvgIpc) is 2.29. The Kier molecular flexibility index (Phi) is 7.65. The largest absolute Gasteiger partial charge is 0.480 e. The summed E-state index contributed by atoms with van der Waals surface area (Å²) in [6.07, 6.45) is -2.58. The van der Waals surface area contributed by atoms with Crippen molar-refractivity contribution in [1.29, 1.82) is 0 Å². The topological polar surface area (TPSA) is 69.6 Å². The summed E-state index contributed by atoms with van der Waals surface area (Å²) < 4.78 is 36.6. The van der Waals surface area contributed by atoms with E-state index in [1.807, 2.05) is 0 Å². The van der Waals surface area contributed by atoms with Crippen LogP contribution in [0.1, 0.15) is 13.3 Å². The van der Waals surface area contributed by atoms with Crippen molar-refractivity contribution >= 4 is 23.8 Å². The molecule has 0 aromatic carbocycles. The van der Waals surface area contributed by atoms with Gasteiger partial charge in [-0.1, -0.05) is 0 Å². The third-order valence-corrected chi connectivity index (χ3v) is 2.89. The standard InChI is InChI=1S/C10H17F3N2O3S/c1-3-15(6-10(11,12)13)9(18)14-7(8(16)17)4-5-19-2/h7H,3-6H2,1-2H3,(H,14,18)(H,16,17). The summed E-state index contributed by atoms with van der Waals surface area (Å²) in [5, 5.41) is 11.0. The van der Waals surface area contributed by atoms with Gasteiger partial charge in [-0.2, -0.15) is 24.9 Å². The van der Waals surface area contributed by atoms with Crippen LogP contribution in [-0.2, 0) is 4.79 Å². The number of urea groups is 1. The van der Waals surface area contributed by atoms with Crippen LogP contribution < -0.4 is 5.32 Å². The molecule has 0 aliphatic heterocycles. The molecule has 9 heteroatoms. The SMILES string of the molecule is CCN(CC(F)(F)F)C(=O)NC(CCSC)C(=O)O. The summed E-state index contributed by atoms with van der Waals surface area (Å²) in [5.74, 6) is -0.770. The predicted molar refractivity (Wildman–Crippen MR) is 66.3 cm³/mol. The highest BCUT2D eigenvalue weighted by molar-refractivity contribution is 7.98. The van der Waals surface area contributed by atoms with E-state index in [9.17, 15) is 22.8 Å². The van der Waals surface area contributed by atoms with Gasteiger partial charge in [0.15, 0.2) is 0 Å². The lowest BCUT2D eigenvalue weighted by Gasteiger charge is -2.24. The summed E-state index contributed by atoms with van der Waals surface area (Å²) in [5.41, 5.74) is 0. The molecule has 0 fully saturated rings. The van der Waals surface area contributed by atoms with Crippen molar-refractivity contribution in [3.05, 3.63) is 0 Å². The van der Waals surface area contributed by atoms with Gasteiger partial charge in [0.2, 0.25) is 0 Å². The minimum atomic E-state index is -4.51. The summed E-state index contributed by atoms with van der Waals surface area (Å²) in [7, 11) is 0. The van der Waals surface area contributed by atoms with Crippen molar-refractivity contribution in [2.75, 3.05) is 25.1 Å². The zero-order chi connectivity index (χ0) is 15.1. The van der Waals surface area contributed by atoms with Gasteiger partial charge in [-0.3, -0.25) is 0 Å². The molecule has 1 atom stereocenters. The third-order valence-electron chi connectivity index (χ3n) is 2.25. The van der Waals surface area contributed by atoms with Gasteiger partial charge < -0.3 is 15.3 Å². The van der Waals surface area contributed by atoms with Crippen LogP contribution in [0, 0.1) is 0 Å². The molecule has 0 aromatic rings. The molecule has 0 radical (unpaired) electrons. The summed E-state index contributed by atoms with van der Waals surface area (Å²) in [6.45, 7) is -0.159. The van der Waals surface area contributed by atoms with Crippen molar-refractivity contribution in [3.63, 3.8) is 0 Å². The van der Waals surface area contributed by atoms with Crippen LogP contribution in [0.5, 0.6) is 0 Å². The molecule has 1 unspecified atom stereocenters. The van der Waals surface area contributed by atoms with E-state index in [0.717, 1.165) is 0 Å². The maximum absolute atomic E-state index is 12.2. The number of carbonyl (C=O) groups is 2. The number of carbonyl (C=O) groups excluding carboxylic acids is 1. The van der Waals surface area contributed by atoms with Gasteiger partial charge in [-0.15, -0.1) is 0 Å². The lowest BCUT2D eigenvalue weighted by Crippen LogP contribution is -2.50. The molecule has 2 N–H and O–H groups in total. The number of amides is 2. The van der Waals surface area contributed by atoms with E-state index >= 15 is 0 Å². The molecule has 0 saturated carbocycles. The highest BCUT2D eigenvalue weighted by Gasteiger charge is 2.33. The number of rotatable bonds is 7. The number of alkyl halides is 3. The molecule has 0 aliphatic carbocycles.